The van der Waals surface area contributed by atoms with Crippen molar-refractivity contribution in [2.75, 3.05) is 17.2 Å². The molecule has 3 heterocycles. The van der Waals surface area contributed by atoms with Gasteiger partial charge in [-0.25, -0.2) is 9.78 Å². The molecule has 4 N–H and O–H groups in total. The van der Waals surface area contributed by atoms with Crippen LogP contribution in [0.2, 0.25) is 5.02 Å². The number of H-pyrrole nitrogens is 1. The van der Waals surface area contributed by atoms with Gasteiger partial charge in [0.05, 0.1) is 17.4 Å². The fourth-order valence-electron chi connectivity index (χ4n) is 5.10. The van der Waals surface area contributed by atoms with Crippen molar-refractivity contribution in [3.8, 4) is 11.3 Å². The molecule has 0 spiro atoms. The first kappa shape index (κ1) is 25.5. The van der Waals surface area contributed by atoms with E-state index in [1.54, 1.807) is 24.4 Å². The molecule has 1 saturated heterocycles. The fourth-order valence-corrected chi connectivity index (χ4v) is 5.30. The van der Waals surface area contributed by atoms with Crippen LogP contribution in [0.1, 0.15) is 55.5 Å². The quantitative estimate of drug-likeness (QED) is 0.309. The molecule has 3 aromatic rings. The van der Waals surface area contributed by atoms with Gasteiger partial charge in [-0.1, -0.05) is 35.9 Å². The van der Waals surface area contributed by atoms with Crippen LogP contribution in [0.4, 0.5) is 16.2 Å². The highest BCUT2D eigenvalue weighted by molar-refractivity contribution is 6.30. The molecule has 2 bridgehead atoms. The number of hydrogen-bond acceptors (Lipinski definition) is 4. The Kier molecular flexibility index (Phi) is 7.46. The maximum atomic E-state index is 13.4. The van der Waals surface area contributed by atoms with E-state index >= 15 is 0 Å². The van der Waals surface area contributed by atoms with E-state index in [1.807, 2.05) is 41.3 Å². The zero-order chi connectivity index (χ0) is 26.6. The normalized spacial score (nSPS) is 20.0. The molecule has 0 aliphatic carbocycles. The van der Waals surface area contributed by atoms with Gasteiger partial charge < -0.3 is 20.3 Å². The molecule has 2 aliphatic rings. The smallest absolute Gasteiger partial charge is 0.409 e. The Morgan fingerprint density at radius 3 is 2.82 bits per heavy atom. The number of carbonyl (C=O) groups is 3. The number of aromatic amines is 1. The average molecular weight is 534 g/mol. The summed E-state index contributed by atoms with van der Waals surface area (Å²) >= 11 is 6.18. The van der Waals surface area contributed by atoms with Crippen molar-refractivity contribution >= 4 is 40.9 Å². The number of imidazole rings is 1. The summed E-state index contributed by atoms with van der Waals surface area (Å²) in [6, 6.07) is 12.3. The highest BCUT2D eigenvalue weighted by Crippen LogP contribution is 2.36. The number of piperidine rings is 1. The predicted molar refractivity (Wildman–Crippen MR) is 145 cm³/mol. The first-order valence-electron chi connectivity index (χ1n) is 12.6. The highest BCUT2D eigenvalue weighted by atomic mass is 35.5. The number of carbonyl (C=O) groups excluding carboxylic acids is 2. The van der Waals surface area contributed by atoms with Crippen LogP contribution in [0.5, 0.6) is 0 Å². The van der Waals surface area contributed by atoms with Crippen molar-refractivity contribution in [1.29, 1.82) is 0 Å². The number of amides is 3. The standard InChI is InChI=1S/C28H28ClN5O4/c29-19-6-4-5-17(13-19)18-11-12-34(26(36)14-18)24-7-2-1-3-8-25(35)32-22-15-20(31-28(37)38)9-10-21(22)23-16-30-27(24)33-23/h1-2,4-6,9-10,13,15-16,18,24,31H,3,7-8,11-12,14H2,(H,30,33)(H,32,35)(H,37,38)/t18?,24-/m0/s1. The van der Waals surface area contributed by atoms with Gasteiger partial charge in [-0.3, -0.25) is 14.9 Å². The topological polar surface area (TPSA) is 127 Å². The van der Waals surface area contributed by atoms with Crippen LogP contribution >= 0.6 is 11.6 Å². The van der Waals surface area contributed by atoms with Gasteiger partial charge in [-0.15, -0.1) is 0 Å². The van der Waals surface area contributed by atoms with Crippen LogP contribution in [0.25, 0.3) is 11.3 Å². The third kappa shape index (κ3) is 5.73. The maximum Gasteiger partial charge on any atom is 0.409 e. The van der Waals surface area contributed by atoms with Crippen molar-refractivity contribution in [2.24, 2.45) is 0 Å². The Morgan fingerprint density at radius 2 is 2.03 bits per heavy atom. The fraction of sp³-hybridized carbons (Fsp3) is 0.286. The summed E-state index contributed by atoms with van der Waals surface area (Å²) in [6.45, 7) is 0.589. The third-order valence-electron chi connectivity index (χ3n) is 6.95. The summed E-state index contributed by atoms with van der Waals surface area (Å²) in [5.74, 6) is 0.646. The molecule has 5 rings (SSSR count). The Hall–Kier alpha value is -4.11. The van der Waals surface area contributed by atoms with Crippen LogP contribution in [0.3, 0.4) is 0 Å². The number of aromatic nitrogens is 2. The lowest BCUT2D eigenvalue weighted by Crippen LogP contribution is -2.41. The Bertz CT molecular complexity index is 1400. The van der Waals surface area contributed by atoms with Gasteiger partial charge in [0, 0.05) is 41.9 Å². The van der Waals surface area contributed by atoms with E-state index in [4.69, 9.17) is 21.7 Å². The van der Waals surface area contributed by atoms with Crippen molar-refractivity contribution in [3.05, 3.63) is 77.2 Å². The molecule has 9 nitrogen and oxygen atoms in total. The first-order chi connectivity index (χ1) is 18.4. The van der Waals surface area contributed by atoms with Crippen LogP contribution in [0.15, 0.2) is 60.8 Å². The lowest BCUT2D eigenvalue weighted by molar-refractivity contribution is -0.136. The van der Waals surface area contributed by atoms with Gasteiger partial charge in [0.2, 0.25) is 11.8 Å². The van der Waals surface area contributed by atoms with E-state index < -0.39 is 6.09 Å². The number of carboxylic acid groups (broad SMARTS) is 1. The molecule has 0 radical (unpaired) electrons. The number of halogens is 1. The summed E-state index contributed by atoms with van der Waals surface area (Å²) in [7, 11) is 0. The molecule has 0 saturated carbocycles. The van der Waals surface area contributed by atoms with Crippen molar-refractivity contribution in [2.45, 2.75) is 44.1 Å². The van der Waals surface area contributed by atoms with Gasteiger partial charge in [0.15, 0.2) is 0 Å². The van der Waals surface area contributed by atoms with E-state index in [9.17, 15) is 14.4 Å². The molecule has 1 fully saturated rings. The van der Waals surface area contributed by atoms with Crippen LogP contribution in [-0.2, 0) is 9.59 Å². The van der Waals surface area contributed by atoms with Crippen LogP contribution in [0, 0.1) is 0 Å². The molecule has 2 aliphatic heterocycles. The van der Waals surface area contributed by atoms with Gasteiger partial charge in [-0.2, -0.15) is 0 Å². The zero-order valence-corrected chi connectivity index (χ0v) is 21.4. The van der Waals surface area contributed by atoms with Crippen molar-refractivity contribution in [3.63, 3.8) is 0 Å². The number of rotatable bonds is 3. The minimum absolute atomic E-state index is 0.0588. The number of anilines is 2. The minimum Gasteiger partial charge on any atom is -0.465 e. The van der Waals surface area contributed by atoms with E-state index in [1.165, 1.54) is 0 Å². The predicted octanol–water partition coefficient (Wildman–Crippen LogP) is 5.95. The van der Waals surface area contributed by atoms with Crippen molar-refractivity contribution in [1.82, 2.24) is 14.9 Å². The lowest BCUT2D eigenvalue weighted by Gasteiger charge is -2.36. The number of likely N-dealkylation sites (tertiary alicyclic amines) is 1. The van der Waals surface area contributed by atoms with E-state index in [0.717, 1.165) is 12.0 Å². The maximum absolute atomic E-state index is 13.4. The summed E-state index contributed by atoms with van der Waals surface area (Å²) in [5.41, 5.74) is 3.10. The second kappa shape index (κ2) is 11.1. The number of hydrogen-bond donors (Lipinski definition) is 4. The van der Waals surface area contributed by atoms with Gasteiger partial charge in [-0.05, 0) is 61.1 Å². The Balaban J connectivity index is 1.44. The second-order valence-electron chi connectivity index (χ2n) is 9.50. The SMILES string of the molecule is O=C(O)Nc1ccc2c(c1)NC(=O)CCC=CC[C@H](N1CCC(c3cccc(Cl)c3)CC1=O)c1nc-2c[nH]1. The largest absolute Gasteiger partial charge is 0.465 e. The van der Waals surface area contributed by atoms with Crippen LogP contribution < -0.4 is 10.6 Å². The molecule has 2 aromatic carbocycles. The molecule has 1 unspecified atom stereocenters. The molecule has 2 atom stereocenters. The van der Waals surface area contributed by atoms with Gasteiger partial charge in [0.25, 0.3) is 0 Å². The lowest BCUT2D eigenvalue weighted by atomic mass is 9.88. The van der Waals surface area contributed by atoms with Gasteiger partial charge >= 0.3 is 6.09 Å². The van der Waals surface area contributed by atoms with E-state index in [0.29, 0.717) is 59.3 Å². The molecule has 10 heteroatoms. The van der Waals surface area contributed by atoms with E-state index in [-0.39, 0.29) is 30.2 Å². The zero-order valence-electron chi connectivity index (χ0n) is 20.6. The minimum atomic E-state index is -1.19. The highest BCUT2D eigenvalue weighted by Gasteiger charge is 2.33. The molecule has 38 heavy (non-hydrogen) atoms. The molecule has 196 valence electrons. The number of nitrogens with one attached hydrogen (secondary N) is 3. The summed E-state index contributed by atoms with van der Waals surface area (Å²) < 4.78 is 0. The Labute approximate surface area is 224 Å². The number of fused-ring (bicyclic) bond motifs is 4. The molecular weight excluding hydrogens is 506 g/mol. The third-order valence-corrected chi connectivity index (χ3v) is 7.19. The van der Waals surface area contributed by atoms with E-state index in [2.05, 4.69) is 15.6 Å². The number of nitrogens with zero attached hydrogens (tertiary/aromatic N) is 2. The Morgan fingerprint density at radius 1 is 1.16 bits per heavy atom. The number of benzene rings is 2. The monoisotopic (exact) mass is 533 g/mol. The average Bonchev–Trinajstić information content (AvgIpc) is 3.36. The first-order valence-corrected chi connectivity index (χ1v) is 12.9. The summed E-state index contributed by atoms with van der Waals surface area (Å²) in [6.07, 6.45) is 7.08. The second-order valence-corrected chi connectivity index (χ2v) is 9.94. The number of allylic oxidation sites excluding steroid dienone is 1. The summed E-state index contributed by atoms with van der Waals surface area (Å²) in [5, 5.41) is 15.0. The summed E-state index contributed by atoms with van der Waals surface area (Å²) in [4.78, 5) is 47.1. The molecular formula is C28H28ClN5O4. The molecule has 3 amide bonds. The van der Waals surface area contributed by atoms with Crippen molar-refractivity contribution < 1.29 is 19.5 Å². The molecule has 1 aromatic heterocycles. The van der Waals surface area contributed by atoms with Gasteiger partial charge in [0.1, 0.15) is 5.82 Å². The van der Waals surface area contributed by atoms with Crippen LogP contribution in [-0.4, -0.2) is 44.4 Å².